The van der Waals surface area contributed by atoms with Crippen molar-refractivity contribution in [2.45, 2.75) is 13.0 Å². The molecule has 0 aliphatic rings. The highest BCUT2D eigenvalue weighted by molar-refractivity contribution is 7.14. The lowest BCUT2D eigenvalue weighted by Gasteiger charge is -2.29. The van der Waals surface area contributed by atoms with Gasteiger partial charge in [-0.1, -0.05) is 29.8 Å². The fourth-order valence-electron chi connectivity index (χ4n) is 2.03. The summed E-state index contributed by atoms with van der Waals surface area (Å²) in [6.45, 7) is 2.54. The molecule has 0 aliphatic heterocycles. The van der Waals surface area contributed by atoms with Crippen molar-refractivity contribution in [3.63, 3.8) is 0 Å². The number of carboxylic acid groups (broad SMARTS) is 1. The first kappa shape index (κ1) is 13.9. The second-order valence-electron chi connectivity index (χ2n) is 4.00. The molecule has 19 heavy (non-hydrogen) atoms. The maximum absolute atomic E-state index is 11.7. The van der Waals surface area contributed by atoms with Crippen LogP contribution in [0.5, 0.6) is 0 Å². The third-order valence-electron chi connectivity index (χ3n) is 2.88. The van der Waals surface area contributed by atoms with Crippen LogP contribution in [0, 0.1) is 0 Å². The monoisotopic (exact) mass is 295 g/mol. The van der Waals surface area contributed by atoms with Gasteiger partial charge in [0.05, 0.1) is 5.00 Å². The summed E-state index contributed by atoms with van der Waals surface area (Å²) in [5.74, 6) is -0.900. The Morgan fingerprint density at radius 1 is 1.37 bits per heavy atom. The van der Waals surface area contributed by atoms with Crippen LogP contribution in [0.25, 0.3) is 0 Å². The van der Waals surface area contributed by atoms with Gasteiger partial charge in [-0.05, 0) is 30.5 Å². The smallest absolute Gasteiger partial charge is 0.331 e. The van der Waals surface area contributed by atoms with Crippen LogP contribution >= 0.6 is 22.9 Å². The second-order valence-corrected chi connectivity index (χ2v) is 5.33. The molecule has 0 bridgehead atoms. The summed E-state index contributed by atoms with van der Waals surface area (Å²) in [7, 11) is 0. The minimum absolute atomic E-state index is 0.477. The van der Waals surface area contributed by atoms with Crippen LogP contribution in [0.15, 0.2) is 41.8 Å². The predicted molar refractivity (Wildman–Crippen MR) is 79.2 cm³/mol. The Kier molecular flexibility index (Phi) is 4.45. The number of anilines is 1. The molecule has 0 amide bonds. The van der Waals surface area contributed by atoms with E-state index in [-0.39, 0.29) is 0 Å². The van der Waals surface area contributed by atoms with Crippen molar-refractivity contribution in [2.75, 3.05) is 11.4 Å². The lowest BCUT2D eigenvalue weighted by atomic mass is 10.1. The molecule has 5 heteroatoms. The summed E-state index contributed by atoms with van der Waals surface area (Å²) in [6.07, 6.45) is 0. The topological polar surface area (TPSA) is 40.5 Å². The van der Waals surface area contributed by atoms with E-state index < -0.39 is 12.0 Å². The number of rotatable bonds is 5. The number of nitrogens with zero attached hydrogens (tertiary/aromatic N) is 1. The molecule has 0 radical (unpaired) electrons. The molecule has 100 valence electrons. The first-order valence-electron chi connectivity index (χ1n) is 5.92. The summed E-state index contributed by atoms with van der Waals surface area (Å²) in [6, 6.07) is 10.1. The summed E-state index contributed by atoms with van der Waals surface area (Å²) in [4.78, 5) is 13.5. The number of likely N-dealkylation sites (N-methyl/N-ethyl adjacent to an activating group) is 1. The summed E-state index contributed by atoms with van der Waals surface area (Å²) >= 11 is 7.66. The van der Waals surface area contributed by atoms with Gasteiger partial charge in [-0.3, -0.25) is 0 Å². The molecule has 1 atom stereocenters. The van der Waals surface area contributed by atoms with Crippen molar-refractivity contribution in [1.29, 1.82) is 0 Å². The van der Waals surface area contributed by atoms with Crippen LogP contribution in [0.2, 0.25) is 5.02 Å². The van der Waals surface area contributed by atoms with Gasteiger partial charge in [0.25, 0.3) is 0 Å². The molecular formula is C14H14ClNO2S. The van der Waals surface area contributed by atoms with Crippen molar-refractivity contribution in [3.8, 4) is 0 Å². The lowest BCUT2D eigenvalue weighted by Crippen LogP contribution is -2.33. The molecule has 2 aromatic rings. The van der Waals surface area contributed by atoms with Gasteiger partial charge in [-0.2, -0.15) is 0 Å². The first-order valence-corrected chi connectivity index (χ1v) is 7.18. The average Bonchev–Trinajstić information content (AvgIpc) is 2.90. The van der Waals surface area contributed by atoms with Crippen LogP contribution in [0.1, 0.15) is 18.5 Å². The third-order valence-corrected chi connectivity index (χ3v) is 4.12. The Hall–Kier alpha value is -1.52. The Morgan fingerprint density at radius 2 is 2.11 bits per heavy atom. The Morgan fingerprint density at radius 3 is 2.63 bits per heavy atom. The highest BCUT2D eigenvalue weighted by atomic mass is 35.5. The number of aliphatic carboxylic acids is 1. The van der Waals surface area contributed by atoms with Crippen molar-refractivity contribution >= 4 is 33.9 Å². The summed E-state index contributed by atoms with van der Waals surface area (Å²) in [5, 5.41) is 12.9. The minimum atomic E-state index is -0.900. The van der Waals surface area contributed by atoms with E-state index in [1.165, 1.54) is 11.3 Å². The fraction of sp³-hybridized carbons (Fsp3) is 0.214. The SMILES string of the molecule is CCN(c1cccs1)C(C(=O)O)c1ccccc1Cl. The summed E-state index contributed by atoms with van der Waals surface area (Å²) in [5.41, 5.74) is 0.618. The molecule has 1 aromatic carbocycles. The Labute approximate surface area is 121 Å². The van der Waals surface area contributed by atoms with Gasteiger partial charge in [0, 0.05) is 17.1 Å². The zero-order valence-corrected chi connectivity index (χ0v) is 12.0. The molecule has 0 saturated carbocycles. The maximum atomic E-state index is 11.7. The highest BCUT2D eigenvalue weighted by Gasteiger charge is 2.28. The third kappa shape index (κ3) is 2.91. The number of hydrogen-bond donors (Lipinski definition) is 1. The van der Waals surface area contributed by atoms with Crippen molar-refractivity contribution < 1.29 is 9.90 Å². The molecule has 0 fully saturated rings. The van der Waals surface area contributed by atoms with Crippen LogP contribution in [-0.4, -0.2) is 17.6 Å². The molecular weight excluding hydrogens is 282 g/mol. The number of benzene rings is 1. The molecule has 2 rings (SSSR count). The number of halogens is 1. The van der Waals surface area contributed by atoms with E-state index in [4.69, 9.17) is 11.6 Å². The van der Waals surface area contributed by atoms with Crippen molar-refractivity contribution in [3.05, 3.63) is 52.4 Å². The molecule has 1 aromatic heterocycles. The molecule has 0 spiro atoms. The van der Waals surface area contributed by atoms with Gasteiger partial charge in [0.15, 0.2) is 6.04 Å². The second kappa shape index (κ2) is 6.08. The van der Waals surface area contributed by atoms with Gasteiger partial charge in [-0.15, -0.1) is 11.3 Å². The number of thiophene rings is 1. The number of carbonyl (C=O) groups is 1. The predicted octanol–water partition coefficient (Wildman–Crippen LogP) is 4.05. The van der Waals surface area contributed by atoms with Gasteiger partial charge < -0.3 is 10.0 Å². The maximum Gasteiger partial charge on any atom is 0.331 e. The molecule has 1 heterocycles. The molecule has 0 aliphatic carbocycles. The van der Waals surface area contributed by atoms with Crippen molar-refractivity contribution in [1.82, 2.24) is 0 Å². The minimum Gasteiger partial charge on any atom is -0.479 e. The Balaban J connectivity index is 2.46. The van der Waals surface area contributed by atoms with E-state index in [1.54, 1.807) is 24.3 Å². The van der Waals surface area contributed by atoms with Crippen molar-refractivity contribution in [2.24, 2.45) is 0 Å². The zero-order valence-electron chi connectivity index (χ0n) is 10.4. The van der Waals surface area contributed by atoms with Crippen LogP contribution in [0.4, 0.5) is 5.00 Å². The average molecular weight is 296 g/mol. The Bertz CT molecular complexity index is 556. The van der Waals surface area contributed by atoms with E-state index in [1.807, 2.05) is 29.3 Å². The van der Waals surface area contributed by atoms with Gasteiger partial charge in [-0.25, -0.2) is 4.79 Å². The zero-order chi connectivity index (χ0) is 13.8. The first-order chi connectivity index (χ1) is 9.15. The number of carboxylic acids is 1. The van der Waals surface area contributed by atoms with Crippen LogP contribution < -0.4 is 4.90 Å². The van der Waals surface area contributed by atoms with Gasteiger partial charge in [0.2, 0.25) is 0 Å². The molecule has 0 saturated heterocycles. The van der Waals surface area contributed by atoms with Gasteiger partial charge >= 0.3 is 5.97 Å². The normalized spacial score (nSPS) is 12.1. The molecule has 1 unspecified atom stereocenters. The van der Waals surface area contributed by atoms with E-state index >= 15 is 0 Å². The fourth-order valence-corrected chi connectivity index (χ4v) is 3.09. The van der Waals surface area contributed by atoms with Crippen LogP contribution in [-0.2, 0) is 4.79 Å². The quantitative estimate of drug-likeness (QED) is 0.904. The highest BCUT2D eigenvalue weighted by Crippen LogP contribution is 2.33. The number of hydrogen-bond acceptors (Lipinski definition) is 3. The van der Waals surface area contributed by atoms with E-state index in [2.05, 4.69) is 0 Å². The van der Waals surface area contributed by atoms with Crippen LogP contribution in [0.3, 0.4) is 0 Å². The van der Waals surface area contributed by atoms with E-state index in [0.29, 0.717) is 17.1 Å². The largest absolute Gasteiger partial charge is 0.479 e. The summed E-state index contributed by atoms with van der Waals surface area (Å²) < 4.78 is 0. The molecule has 1 N–H and O–H groups in total. The van der Waals surface area contributed by atoms with E-state index in [0.717, 1.165) is 5.00 Å². The molecule has 3 nitrogen and oxygen atoms in total. The standard InChI is InChI=1S/C14H14ClNO2S/c1-2-16(12-8-5-9-19-12)13(14(17)18)10-6-3-4-7-11(10)15/h3-9,13H,2H2,1H3,(H,17,18). The lowest BCUT2D eigenvalue weighted by molar-refractivity contribution is -0.138. The van der Waals surface area contributed by atoms with Gasteiger partial charge in [0.1, 0.15) is 0 Å². The van der Waals surface area contributed by atoms with E-state index in [9.17, 15) is 9.90 Å².